The molecular weight excluding hydrogens is 318 g/mol. The Morgan fingerprint density at radius 3 is 2.20 bits per heavy atom. The van der Waals surface area contributed by atoms with Crippen LogP contribution < -0.4 is 5.32 Å². The molecule has 0 aromatic carbocycles. The van der Waals surface area contributed by atoms with Gasteiger partial charge >= 0.3 is 12.1 Å². The van der Waals surface area contributed by atoms with Gasteiger partial charge in [0.05, 0.1) is 0 Å². The van der Waals surface area contributed by atoms with E-state index in [1.807, 2.05) is 20.8 Å². The van der Waals surface area contributed by atoms with Crippen LogP contribution in [0.5, 0.6) is 0 Å². The number of amides is 1. The van der Waals surface area contributed by atoms with Gasteiger partial charge in [-0.05, 0) is 46.5 Å². The van der Waals surface area contributed by atoms with Crippen LogP contribution in [0.3, 0.4) is 0 Å². The van der Waals surface area contributed by atoms with Gasteiger partial charge in [-0.15, -0.1) is 0 Å². The number of nitrogens with one attached hydrogen (secondary N) is 1. The molecule has 25 heavy (non-hydrogen) atoms. The minimum absolute atomic E-state index is 0.0398. The summed E-state index contributed by atoms with van der Waals surface area (Å²) in [6.45, 7) is 10.2. The molecule has 0 heterocycles. The Labute approximate surface area is 154 Å². The van der Waals surface area contributed by atoms with Gasteiger partial charge in [-0.3, -0.25) is 4.79 Å². The maximum atomic E-state index is 12.0. The van der Waals surface area contributed by atoms with Gasteiger partial charge in [-0.1, -0.05) is 46.0 Å². The number of ether oxygens (including phenoxy) is 2. The van der Waals surface area contributed by atoms with Crippen LogP contribution >= 0.6 is 0 Å². The summed E-state index contributed by atoms with van der Waals surface area (Å²) in [5, 5.41) is 2.66. The molecule has 148 valence electrons. The molecule has 5 nitrogen and oxygen atoms in total. The lowest BCUT2D eigenvalue weighted by molar-refractivity contribution is -0.149. The Hall–Kier alpha value is -1.26. The van der Waals surface area contributed by atoms with Gasteiger partial charge in [0.25, 0.3) is 0 Å². The lowest BCUT2D eigenvalue weighted by Crippen LogP contribution is -2.33. The molecule has 0 spiro atoms. The monoisotopic (exact) mass is 357 g/mol. The molecule has 1 amide bonds. The number of rotatable bonds is 13. The molecule has 1 N–H and O–H groups in total. The third kappa shape index (κ3) is 16.0. The summed E-state index contributed by atoms with van der Waals surface area (Å²) < 4.78 is 10.7. The maximum absolute atomic E-state index is 12.0. The van der Waals surface area contributed by atoms with Gasteiger partial charge in [0.15, 0.2) is 0 Å². The molecule has 0 aliphatic heterocycles. The van der Waals surface area contributed by atoms with Crippen LogP contribution in [0.1, 0.15) is 98.8 Å². The Kier molecular flexibility index (Phi) is 13.3. The van der Waals surface area contributed by atoms with Crippen molar-refractivity contribution in [2.45, 2.75) is 111 Å². The predicted molar refractivity (Wildman–Crippen MR) is 102 cm³/mol. The third-order valence-electron chi connectivity index (χ3n) is 3.76. The molecular formula is C20H39NO4. The second-order valence-electron chi connectivity index (χ2n) is 7.64. The zero-order valence-corrected chi connectivity index (χ0v) is 17.0. The molecule has 0 aliphatic rings. The van der Waals surface area contributed by atoms with Crippen LogP contribution in [0, 0.1) is 0 Å². The van der Waals surface area contributed by atoms with Crippen molar-refractivity contribution in [3.63, 3.8) is 0 Å². The normalized spacial score (nSPS) is 12.5. The van der Waals surface area contributed by atoms with Crippen LogP contribution in [-0.4, -0.2) is 30.3 Å². The van der Waals surface area contributed by atoms with Crippen LogP contribution in [0.4, 0.5) is 4.79 Å². The predicted octanol–water partition coefficient (Wildman–Crippen LogP) is 5.36. The zero-order chi connectivity index (χ0) is 19.1. The van der Waals surface area contributed by atoms with Crippen molar-refractivity contribution in [1.29, 1.82) is 0 Å². The average molecular weight is 358 g/mol. The summed E-state index contributed by atoms with van der Waals surface area (Å²) >= 11 is 0. The minimum atomic E-state index is -0.506. The van der Waals surface area contributed by atoms with Gasteiger partial charge in [-0.2, -0.15) is 0 Å². The number of esters is 1. The maximum Gasteiger partial charge on any atom is 0.407 e. The van der Waals surface area contributed by atoms with Gasteiger partial charge in [0.2, 0.25) is 0 Å². The lowest BCUT2D eigenvalue weighted by Gasteiger charge is -2.20. The van der Waals surface area contributed by atoms with Crippen LogP contribution in [0.15, 0.2) is 0 Å². The topological polar surface area (TPSA) is 64.6 Å². The van der Waals surface area contributed by atoms with E-state index in [0.29, 0.717) is 19.4 Å². The van der Waals surface area contributed by atoms with E-state index in [-0.39, 0.29) is 12.1 Å². The van der Waals surface area contributed by atoms with Crippen LogP contribution in [-0.2, 0) is 14.3 Å². The highest BCUT2D eigenvalue weighted by atomic mass is 16.6. The molecule has 5 heteroatoms. The lowest BCUT2D eigenvalue weighted by atomic mass is 10.0. The first-order chi connectivity index (χ1) is 11.8. The number of carbonyl (C=O) groups is 2. The zero-order valence-electron chi connectivity index (χ0n) is 17.0. The van der Waals surface area contributed by atoms with Crippen LogP contribution in [0.2, 0.25) is 0 Å². The van der Waals surface area contributed by atoms with E-state index in [1.54, 1.807) is 0 Å². The first-order valence-corrected chi connectivity index (χ1v) is 9.94. The molecule has 0 fully saturated rings. The number of hydrogen-bond donors (Lipinski definition) is 1. The summed E-state index contributed by atoms with van der Waals surface area (Å²) in [5.74, 6) is -0.169. The highest BCUT2D eigenvalue weighted by Crippen LogP contribution is 2.14. The average Bonchev–Trinajstić information content (AvgIpc) is 2.50. The van der Waals surface area contributed by atoms with E-state index in [1.165, 1.54) is 25.7 Å². The quantitative estimate of drug-likeness (QED) is 0.356. The van der Waals surface area contributed by atoms with Crippen molar-refractivity contribution >= 4 is 12.1 Å². The fraction of sp³-hybridized carbons (Fsp3) is 0.900. The van der Waals surface area contributed by atoms with E-state index in [0.717, 1.165) is 25.7 Å². The summed E-state index contributed by atoms with van der Waals surface area (Å²) in [7, 11) is 0. The fourth-order valence-corrected chi connectivity index (χ4v) is 2.54. The first kappa shape index (κ1) is 23.7. The van der Waals surface area contributed by atoms with Crippen LogP contribution in [0.25, 0.3) is 0 Å². The second kappa shape index (κ2) is 14.0. The third-order valence-corrected chi connectivity index (χ3v) is 3.76. The fourth-order valence-electron chi connectivity index (χ4n) is 2.54. The summed E-state index contributed by atoms with van der Waals surface area (Å²) in [6.07, 6.45) is 9.51. The Morgan fingerprint density at radius 2 is 1.60 bits per heavy atom. The van der Waals surface area contributed by atoms with E-state index >= 15 is 0 Å². The number of carbonyl (C=O) groups excluding carboxylic acids is 2. The largest absolute Gasteiger partial charge is 0.462 e. The standard InChI is InChI=1S/C20H39NO4/c1-6-8-9-10-11-14-17(13-7-2)24-18(22)15-12-16-21-19(23)25-20(3,4)5/h17H,6-16H2,1-5H3,(H,21,23). The van der Waals surface area contributed by atoms with E-state index in [9.17, 15) is 9.59 Å². The van der Waals surface area contributed by atoms with Gasteiger partial charge in [0, 0.05) is 13.0 Å². The second-order valence-corrected chi connectivity index (χ2v) is 7.64. The van der Waals surface area contributed by atoms with Crippen molar-refractivity contribution in [1.82, 2.24) is 5.32 Å². The van der Waals surface area contributed by atoms with Gasteiger partial charge < -0.3 is 14.8 Å². The number of unbranched alkanes of at least 4 members (excludes halogenated alkanes) is 4. The van der Waals surface area contributed by atoms with Gasteiger partial charge in [0.1, 0.15) is 11.7 Å². The Bertz CT molecular complexity index is 363. The van der Waals surface area contributed by atoms with E-state index < -0.39 is 11.7 Å². The van der Waals surface area contributed by atoms with E-state index in [4.69, 9.17) is 9.47 Å². The molecule has 1 unspecified atom stereocenters. The molecule has 0 bridgehead atoms. The van der Waals surface area contributed by atoms with Crippen molar-refractivity contribution in [3.05, 3.63) is 0 Å². The van der Waals surface area contributed by atoms with Crippen molar-refractivity contribution < 1.29 is 19.1 Å². The minimum Gasteiger partial charge on any atom is -0.462 e. The van der Waals surface area contributed by atoms with Crippen molar-refractivity contribution in [3.8, 4) is 0 Å². The summed E-state index contributed by atoms with van der Waals surface area (Å²) in [5.41, 5.74) is -0.506. The number of alkyl carbamates (subject to hydrolysis) is 1. The SMILES string of the molecule is CCCCCCCC(CCC)OC(=O)CCCNC(=O)OC(C)(C)C. The molecule has 1 atom stereocenters. The highest BCUT2D eigenvalue weighted by molar-refractivity contribution is 5.70. The molecule has 0 aromatic heterocycles. The van der Waals surface area contributed by atoms with Crippen molar-refractivity contribution in [2.24, 2.45) is 0 Å². The molecule has 0 rings (SSSR count). The molecule has 0 aliphatic carbocycles. The Morgan fingerprint density at radius 1 is 0.920 bits per heavy atom. The first-order valence-electron chi connectivity index (χ1n) is 9.94. The highest BCUT2D eigenvalue weighted by Gasteiger charge is 2.16. The number of hydrogen-bond acceptors (Lipinski definition) is 4. The van der Waals surface area contributed by atoms with Gasteiger partial charge in [-0.25, -0.2) is 4.79 Å². The Balaban J connectivity index is 3.89. The molecule has 0 radical (unpaired) electrons. The van der Waals surface area contributed by atoms with Crippen molar-refractivity contribution in [2.75, 3.05) is 6.54 Å². The smallest absolute Gasteiger partial charge is 0.407 e. The molecule has 0 saturated carbocycles. The summed E-state index contributed by atoms with van der Waals surface area (Å²) in [6, 6.07) is 0. The molecule has 0 saturated heterocycles. The van der Waals surface area contributed by atoms with E-state index in [2.05, 4.69) is 19.2 Å². The molecule has 0 aromatic rings. The summed E-state index contributed by atoms with van der Waals surface area (Å²) in [4.78, 5) is 23.5.